The topological polar surface area (TPSA) is 186 Å². The second kappa shape index (κ2) is 13.2. The molecule has 0 bridgehead atoms. The van der Waals surface area contributed by atoms with E-state index in [4.69, 9.17) is 17.2 Å². The van der Waals surface area contributed by atoms with Crippen molar-refractivity contribution in [2.24, 2.45) is 28.1 Å². The summed E-state index contributed by atoms with van der Waals surface area (Å²) in [6.45, 7) is 3.94. The van der Waals surface area contributed by atoms with Crippen LogP contribution in [0, 0.1) is 5.92 Å². The molecule has 9 N–H and O–H groups in total. The molecule has 1 aromatic carbocycles. The first-order valence-electron chi connectivity index (χ1n) is 10.3. The highest BCUT2D eigenvalue weighted by molar-refractivity contribution is 5.92. The van der Waals surface area contributed by atoms with Gasteiger partial charge in [-0.25, -0.2) is 4.79 Å². The quantitative estimate of drug-likeness (QED) is 0.140. The van der Waals surface area contributed by atoms with Crippen molar-refractivity contribution < 1.29 is 19.5 Å². The van der Waals surface area contributed by atoms with E-state index in [-0.39, 0.29) is 24.8 Å². The lowest BCUT2D eigenvalue weighted by molar-refractivity contribution is -0.142. The van der Waals surface area contributed by atoms with Crippen LogP contribution in [0.1, 0.15) is 38.7 Å². The number of carbonyl (C=O) groups excluding carboxylic acids is 2. The molecule has 10 heteroatoms. The number of carbonyl (C=O) groups is 3. The Balaban J connectivity index is 2.77. The van der Waals surface area contributed by atoms with E-state index in [9.17, 15) is 19.5 Å². The second-order valence-electron chi connectivity index (χ2n) is 7.52. The minimum Gasteiger partial charge on any atom is -0.480 e. The summed E-state index contributed by atoms with van der Waals surface area (Å²) in [5, 5.41) is 14.6. The lowest BCUT2D eigenvalue weighted by Crippen LogP contribution is -2.56. The summed E-state index contributed by atoms with van der Waals surface area (Å²) < 4.78 is 0. The van der Waals surface area contributed by atoms with Crippen LogP contribution < -0.4 is 27.8 Å². The van der Waals surface area contributed by atoms with E-state index in [2.05, 4.69) is 15.6 Å². The molecule has 1 rings (SSSR count). The Morgan fingerprint density at radius 2 is 1.74 bits per heavy atom. The highest BCUT2D eigenvalue weighted by Gasteiger charge is 2.30. The third-order valence-corrected chi connectivity index (χ3v) is 4.99. The summed E-state index contributed by atoms with van der Waals surface area (Å²) in [5.74, 6) is -2.51. The van der Waals surface area contributed by atoms with Crippen molar-refractivity contribution in [3.8, 4) is 0 Å². The molecule has 10 nitrogen and oxygen atoms in total. The van der Waals surface area contributed by atoms with Crippen LogP contribution in [0.4, 0.5) is 0 Å². The summed E-state index contributed by atoms with van der Waals surface area (Å²) in [7, 11) is 0. The third kappa shape index (κ3) is 9.47. The summed E-state index contributed by atoms with van der Waals surface area (Å²) in [4.78, 5) is 40.8. The fourth-order valence-electron chi connectivity index (χ4n) is 2.95. The number of nitrogens with two attached hydrogens (primary N) is 3. The van der Waals surface area contributed by atoms with Crippen LogP contribution in [0.25, 0.3) is 0 Å². The predicted molar refractivity (Wildman–Crippen MR) is 119 cm³/mol. The normalized spacial score (nSPS) is 14.5. The van der Waals surface area contributed by atoms with Crippen LogP contribution in [0.2, 0.25) is 0 Å². The van der Waals surface area contributed by atoms with Gasteiger partial charge in [0.05, 0.1) is 6.04 Å². The maximum atomic E-state index is 12.8. The SMILES string of the molecule is CCC(C)C(NC(=O)C(N)Cc1ccccc1)C(=O)NC(CCCN=C(N)N)C(=O)O. The maximum Gasteiger partial charge on any atom is 0.326 e. The number of aliphatic imine (C=N–C) groups is 1. The molecule has 31 heavy (non-hydrogen) atoms. The number of hydrogen-bond acceptors (Lipinski definition) is 5. The molecular weight excluding hydrogens is 400 g/mol. The molecule has 0 saturated heterocycles. The van der Waals surface area contributed by atoms with Gasteiger partial charge in [0.15, 0.2) is 5.96 Å². The number of nitrogens with zero attached hydrogens (tertiary/aromatic N) is 1. The van der Waals surface area contributed by atoms with E-state index >= 15 is 0 Å². The van der Waals surface area contributed by atoms with Gasteiger partial charge in [-0.15, -0.1) is 0 Å². The zero-order chi connectivity index (χ0) is 23.4. The Kier molecular flexibility index (Phi) is 11.0. The van der Waals surface area contributed by atoms with Crippen LogP contribution in [0.3, 0.4) is 0 Å². The van der Waals surface area contributed by atoms with Gasteiger partial charge in [0.1, 0.15) is 12.1 Å². The van der Waals surface area contributed by atoms with Gasteiger partial charge in [0.2, 0.25) is 11.8 Å². The summed E-state index contributed by atoms with van der Waals surface area (Å²) >= 11 is 0. The Morgan fingerprint density at radius 3 is 2.29 bits per heavy atom. The van der Waals surface area contributed by atoms with Gasteiger partial charge < -0.3 is 32.9 Å². The van der Waals surface area contributed by atoms with Gasteiger partial charge in [-0.05, 0) is 30.7 Å². The molecule has 0 fully saturated rings. The maximum absolute atomic E-state index is 12.8. The van der Waals surface area contributed by atoms with E-state index < -0.39 is 35.9 Å². The average Bonchev–Trinajstić information content (AvgIpc) is 2.73. The third-order valence-electron chi connectivity index (χ3n) is 4.99. The minimum atomic E-state index is -1.17. The summed E-state index contributed by atoms with van der Waals surface area (Å²) in [6, 6.07) is 6.45. The fourth-order valence-corrected chi connectivity index (χ4v) is 2.95. The Labute approximate surface area is 182 Å². The van der Waals surface area contributed by atoms with Gasteiger partial charge in [-0.1, -0.05) is 50.6 Å². The number of benzene rings is 1. The van der Waals surface area contributed by atoms with Crippen molar-refractivity contribution >= 4 is 23.7 Å². The lowest BCUT2D eigenvalue weighted by atomic mass is 9.96. The van der Waals surface area contributed by atoms with E-state index in [0.29, 0.717) is 19.3 Å². The first-order valence-corrected chi connectivity index (χ1v) is 10.3. The Hall–Kier alpha value is -3.14. The molecule has 0 aliphatic carbocycles. The van der Waals surface area contributed by atoms with Gasteiger partial charge in [0.25, 0.3) is 0 Å². The molecule has 0 aliphatic heterocycles. The Bertz CT molecular complexity index is 751. The molecule has 0 spiro atoms. The zero-order valence-electron chi connectivity index (χ0n) is 18.1. The standard InChI is InChI=1S/C21H34N6O4/c1-3-13(2)17(27-18(28)15(22)12-14-8-5-4-6-9-14)19(29)26-16(20(30)31)10-7-11-25-21(23)24/h4-6,8-9,13,15-17H,3,7,10-12,22H2,1-2H3,(H,26,29)(H,27,28)(H,30,31)(H4,23,24,25). The molecule has 0 heterocycles. The van der Waals surface area contributed by atoms with Gasteiger partial charge in [0, 0.05) is 6.54 Å². The average molecular weight is 435 g/mol. The van der Waals surface area contributed by atoms with E-state index in [1.807, 2.05) is 44.2 Å². The van der Waals surface area contributed by atoms with Crippen LogP contribution >= 0.6 is 0 Å². The van der Waals surface area contributed by atoms with Gasteiger partial charge in [-0.3, -0.25) is 14.6 Å². The molecule has 0 aliphatic rings. The first kappa shape index (κ1) is 25.9. The molecule has 1 aromatic rings. The molecule has 4 atom stereocenters. The molecule has 0 aromatic heterocycles. The lowest BCUT2D eigenvalue weighted by Gasteiger charge is -2.26. The number of rotatable bonds is 13. The molecule has 0 saturated carbocycles. The number of amides is 2. The van der Waals surface area contributed by atoms with Crippen molar-refractivity contribution in [2.75, 3.05) is 6.54 Å². The van der Waals surface area contributed by atoms with Crippen LogP contribution in [-0.4, -0.2) is 53.5 Å². The number of carboxylic acids is 1. The predicted octanol–water partition coefficient (Wildman–Crippen LogP) is -0.290. The number of aliphatic carboxylic acids is 1. The largest absolute Gasteiger partial charge is 0.480 e. The van der Waals surface area contributed by atoms with Crippen LogP contribution in [-0.2, 0) is 20.8 Å². The van der Waals surface area contributed by atoms with Crippen molar-refractivity contribution in [2.45, 2.75) is 57.7 Å². The molecule has 0 radical (unpaired) electrons. The van der Waals surface area contributed by atoms with E-state index in [1.54, 1.807) is 0 Å². The van der Waals surface area contributed by atoms with E-state index in [1.165, 1.54) is 0 Å². The number of nitrogens with one attached hydrogen (secondary N) is 2. The van der Waals surface area contributed by atoms with Crippen molar-refractivity contribution in [3.05, 3.63) is 35.9 Å². The number of guanidine groups is 1. The zero-order valence-corrected chi connectivity index (χ0v) is 18.1. The molecule has 172 valence electrons. The van der Waals surface area contributed by atoms with Crippen molar-refractivity contribution in [1.29, 1.82) is 0 Å². The van der Waals surface area contributed by atoms with E-state index in [0.717, 1.165) is 5.56 Å². The van der Waals surface area contributed by atoms with Crippen LogP contribution in [0.15, 0.2) is 35.3 Å². The fraction of sp³-hybridized carbons (Fsp3) is 0.524. The second-order valence-corrected chi connectivity index (χ2v) is 7.52. The number of carboxylic acid groups (broad SMARTS) is 1. The molecule has 2 amide bonds. The monoisotopic (exact) mass is 434 g/mol. The smallest absolute Gasteiger partial charge is 0.326 e. The highest BCUT2D eigenvalue weighted by Crippen LogP contribution is 2.10. The van der Waals surface area contributed by atoms with Gasteiger partial charge in [-0.2, -0.15) is 0 Å². The van der Waals surface area contributed by atoms with Crippen molar-refractivity contribution in [3.63, 3.8) is 0 Å². The minimum absolute atomic E-state index is 0.0812. The molecular formula is C21H34N6O4. The van der Waals surface area contributed by atoms with Crippen molar-refractivity contribution in [1.82, 2.24) is 10.6 Å². The highest BCUT2D eigenvalue weighted by atomic mass is 16.4. The number of hydrogen-bond donors (Lipinski definition) is 6. The first-order chi connectivity index (χ1) is 14.6. The summed E-state index contributed by atoms with van der Waals surface area (Å²) in [6.07, 6.45) is 1.45. The van der Waals surface area contributed by atoms with Gasteiger partial charge >= 0.3 is 5.97 Å². The van der Waals surface area contributed by atoms with Crippen LogP contribution in [0.5, 0.6) is 0 Å². The molecule has 4 unspecified atom stereocenters. The summed E-state index contributed by atoms with van der Waals surface area (Å²) in [5.41, 5.74) is 17.4. The Morgan fingerprint density at radius 1 is 1.10 bits per heavy atom.